The fraction of sp³-hybridized carbons (Fsp3) is 0.381. The minimum Gasteiger partial charge on any atom is -0.496 e. The third-order valence-corrected chi connectivity index (χ3v) is 6.81. The summed E-state index contributed by atoms with van der Waals surface area (Å²) in [5.74, 6) is 0.503. The van der Waals surface area contributed by atoms with E-state index in [4.69, 9.17) is 4.74 Å². The molecule has 1 amide bonds. The molecule has 0 saturated carbocycles. The summed E-state index contributed by atoms with van der Waals surface area (Å²) in [5, 5.41) is 2.86. The van der Waals surface area contributed by atoms with Crippen molar-refractivity contribution >= 4 is 15.9 Å². The first-order valence-electron chi connectivity index (χ1n) is 9.44. The highest BCUT2D eigenvalue weighted by atomic mass is 32.2. The van der Waals surface area contributed by atoms with E-state index in [1.807, 2.05) is 25.1 Å². The molecule has 1 heterocycles. The molecule has 0 unspecified atom stereocenters. The summed E-state index contributed by atoms with van der Waals surface area (Å²) in [6.07, 6.45) is 2.38. The molecule has 1 saturated heterocycles. The van der Waals surface area contributed by atoms with E-state index in [0.717, 1.165) is 29.7 Å². The van der Waals surface area contributed by atoms with Crippen molar-refractivity contribution in [1.29, 1.82) is 0 Å². The van der Waals surface area contributed by atoms with Crippen molar-refractivity contribution in [3.8, 4) is 5.75 Å². The van der Waals surface area contributed by atoms with Crippen LogP contribution in [0.5, 0.6) is 5.75 Å². The maximum absolute atomic E-state index is 12.7. The molecule has 1 aliphatic rings. The van der Waals surface area contributed by atoms with E-state index in [0.29, 0.717) is 31.6 Å². The summed E-state index contributed by atoms with van der Waals surface area (Å²) >= 11 is 0. The second kappa shape index (κ2) is 8.75. The molecule has 0 bridgehead atoms. The molecule has 6 nitrogen and oxygen atoms in total. The van der Waals surface area contributed by atoms with Crippen LogP contribution >= 0.6 is 0 Å². The van der Waals surface area contributed by atoms with Gasteiger partial charge in [-0.05, 0) is 56.0 Å². The zero-order valence-corrected chi connectivity index (χ0v) is 17.1. The first-order valence-corrected chi connectivity index (χ1v) is 10.9. The number of hydrogen-bond donors (Lipinski definition) is 1. The molecular weight excluding hydrogens is 376 g/mol. The quantitative estimate of drug-likeness (QED) is 0.773. The second-order valence-corrected chi connectivity index (χ2v) is 8.90. The lowest BCUT2D eigenvalue weighted by Crippen LogP contribution is -2.29. The van der Waals surface area contributed by atoms with Gasteiger partial charge < -0.3 is 10.1 Å². The molecule has 0 radical (unpaired) electrons. The van der Waals surface area contributed by atoms with Gasteiger partial charge in [-0.15, -0.1) is 0 Å². The summed E-state index contributed by atoms with van der Waals surface area (Å²) in [5.41, 5.74) is 2.49. The van der Waals surface area contributed by atoms with Crippen molar-refractivity contribution in [2.45, 2.75) is 31.1 Å². The number of rotatable bonds is 7. The molecule has 0 spiro atoms. The van der Waals surface area contributed by atoms with Gasteiger partial charge in [0.15, 0.2) is 0 Å². The van der Waals surface area contributed by atoms with E-state index in [9.17, 15) is 13.2 Å². The second-order valence-electron chi connectivity index (χ2n) is 6.96. The van der Waals surface area contributed by atoms with Crippen LogP contribution in [-0.4, -0.2) is 45.4 Å². The van der Waals surface area contributed by atoms with Gasteiger partial charge in [-0.1, -0.05) is 23.8 Å². The number of amides is 1. The molecule has 0 aromatic heterocycles. The van der Waals surface area contributed by atoms with Gasteiger partial charge in [0.25, 0.3) is 5.91 Å². The van der Waals surface area contributed by atoms with Gasteiger partial charge in [0, 0.05) is 25.2 Å². The predicted molar refractivity (Wildman–Crippen MR) is 108 cm³/mol. The Morgan fingerprint density at radius 2 is 1.89 bits per heavy atom. The number of nitrogens with zero attached hydrogens (tertiary/aromatic N) is 1. The van der Waals surface area contributed by atoms with Gasteiger partial charge in [-0.3, -0.25) is 4.79 Å². The molecule has 1 N–H and O–H groups in total. The smallest absolute Gasteiger partial charge is 0.251 e. The molecular formula is C21H26N2O4S. The van der Waals surface area contributed by atoms with Crippen LogP contribution < -0.4 is 10.1 Å². The maximum atomic E-state index is 12.7. The zero-order valence-electron chi connectivity index (χ0n) is 16.3. The minimum absolute atomic E-state index is 0.169. The molecule has 150 valence electrons. The number of sulfonamides is 1. The number of ether oxygens (including phenoxy) is 1. The fourth-order valence-electron chi connectivity index (χ4n) is 3.39. The van der Waals surface area contributed by atoms with Crippen molar-refractivity contribution in [2.75, 3.05) is 26.7 Å². The molecule has 3 rings (SSSR count). The Bertz CT molecular complexity index is 951. The third-order valence-electron chi connectivity index (χ3n) is 4.91. The minimum atomic E-state index is -3.54. The van der Waals surface area contributed by atoms with E-state index in [1.165, 1.54) is 10.4 Å². The predicted octanol–water partition coefficient (Wildman–Crippen LogP) is 2.76. The van der Waals surface area contributed by atoms with Crippen molar-refractivity contribution in [2.24, 2.45) is 0 Å². The molecule has 0 atom stereocenters. The number of carbonyl (C=O) groups excluding carboxylic acids is 1. The summed E-state index contributed by atoms with van der Waals surface area (Å²) in [6.45, 7) is 3.52. The number of hydrogen-bond acceptors (Lipinski definition) is 4. The van der Waals surface area contributed by atoms with E-state index in [1.54, 1.807) is 25.3 Å². The largest absolute Gasteiger partial charge is 0.496 e. The van der Waals surface area contributed by atoms with Gasteiger partial charge >= 0.3 is 0 Å². The van der Waals surface area contributed by atoms with E-state index in [-0.39, 0.29) is 10.8 Å². The Kier molecular flexibility index (Phi) is 6.36. The lowest BCUT2D eigenvalue weighted by atomic mass is 10.1. The average Bonchev–Trinajstić information content (AvgIpc) is 3.24. The lowest BCUT2D eigenvalue weighted by Gasteiger charge is -2.16. The van der Waals surface area contributed by atoms with Crippen molar-refractivity contribution in [3.05, 3.63) is 59.2 Å². The van der Waals surface area contributed by atoms with Crippen molar-refractivity contribution in [1.82, 2.24) is 9.62 Å². The van der Waals surface area contributed by atoms with Crippen molar-refractivity contribution in [3.63, 3.8) is 0 Å². The van der Waals surface area contributed by atoms with E-state index < -0.39 is 10.0 Å². The Morgan fingerprint density at radius 3 is 2.61 bits per heavy atom. The molecule has 28 heavy (non-hydrogen) atoms. The summed E-state index contributed by atoms with van der Waals surface area (Å²) in [6, 6.07) is 12.2. The molecule has 2 aromatic carbocycles. The Hall–Kier alpha value is -2.38. The summed E-state index contributed by atoms with van der Waals surface area (Å²) < 4.78 is 32.2. The summed E-state index contributed by atoms with van der Waals surface area (Å²) in [7, 11) is -1.91. The van der Waals surface area contributed by atoms with Gasteiger partial charge in [0.2, 0.25) is 10.0 Å². The zero-order chi connectivity index (χ0) is 20.1. The number of benzene rings is 2. The Morgan fingerprint density at radius 1 is 1.14 bits per heavy atom. The molecule has 1 aliphatic heterocycles. The van der Waals surface area contributed by atoms with Gasteiger partial charge in [-0.2, -0.15) is 4.31 Å². The van der Waals surface area contributed by atoms with Crippen LogP contribution in [0.2, 0.25) is 0 Å². The lowest BCUT2D eigenvalue weighted by molar-refractivity contribution is 0.0954. The van der Waals surface area contributed by atoms with Crippen LogP contribution in [0.1, 0.15) is 34.3 Å². The van der Waals surface area contributed by atoms with Crippen LogP contribution in [0.4, 0.5) is 0 Å². The van der Waals surface area contributed by atoms with Crippen LogP contribution in [0.3, 0.4) is 0 Å². The first kappa shape index (κ1) is 20.4. The van der Waals surface area contributed by atoms with Crippen LogP contribution in [0.25, 0.3) is 0 Å². The molecule has 0 aliphatic carbocycles. The number of methoxy groups -OCH3 is 1. The van der Waals surface area contributed by atoms with Gasteiger partial charge in [-0.25, -0.2) is 8.42 Å². The van der Waals surface area contributed by atoms with E-state index in [2.05, 4.69) is 5.32 Å². The summed E-state index contributed by atoms with van der Waals surface area (Å²) in [4.78, 5) is 12.7. The SMILES string of the molecule is COc1ccc(C)cc1CCNC(=O)c1cccc(S(=O)(=O)N2CCCC2)c1. The van der Waals surface area contributed by atoms with Crippen LogP contribution in [0, 0.1) is 6.92 Å². The topological polar surface area (TPSA) is 75.7 Å². The standard InChI is InChI=1S/C21H26N2O4S/c1-16-8-9-20(27-2)17(14-16)10-11-22-21(24)18-6-5-7-19(15-18)28(25,26)23-12-3-4-13-23/h5-9,14-15H,3-4,10-13H2,1-2H3,(H,22,24). The van der Waals surface area contributed by atoms with Gasteiger partial charge in [0.1, 0.15) is 5.75 Å². The molecule has 2 aromatic rings. The number of carbonyl (C=O) groups is 1. The normalized spacial score (nSPS) is 14.8. The third kappa shape index (κ3) is 4.54. The highest BCUT2D eigenvalue weighted by Gasteiger charge is 2.27. The van der Waals surface area contributed by atoms with Gasteiger partial charge in [0.05, 0.1) is 12.0 Å². The number of nitrogens with one attached hydrogen (secondary N) is 1. The number of aryl methyl sites for hydroxylation is 1. The fourth-order valence-corrected chi connectivity index (χ4v) is 4.95. The maximum Gasteiger partial charge on any atom is 0.251 e. The molecule has 7 heteroatoms. The van der Waals surface area contributed by atoms with Crippen LogP contribution in [0.15, 0.2) is 47.4 Å². The molecule has 1 fully saturated rings. The van der Waals surface area contributed by atoms with Crippen molar-refractivity contribution < 1.29 is 17.9 Å². The van der Waals surface area contributed by atoms with E-state index >= 15 is 0 Å². The Labute approximate surface area is 166 Å². The monoisotopic (exact) mass is 402 g/mol. The highest BCUT2D eigenvalue weighted by Crippen LogP contribution is 2.22. The Balaban J connectivity index is 1.66. The highest BCUT2D eigenvalue weighted by molar-refractivity contribution is 7.89. The average molecular weight is 403 g/mol. The van der Waals surface area contributed by atoms with Crippen LogP contribution in [-0.2, 0) is 16.4 Å². The first-order chi connectivity index (χ1) is 13.4.